The lowest BCUT2D eigenvalue weighted by molar-refractivity contribution is -0.133. The fourth-order valence-electron chi connectivity index (χ4n) is 2.67. The van der Waals surface area contributed by atoms with Crippen molar-refractivity contribution in [2.24, 2.45) is 11.3 Å². The predicted molar refractivity (Wildman–Crippen MR) is 44.7 cm³/mol. The van der Waals surface area contributed by atoms with Crippen molar-refractivity contribution in [3.63, 3.8) is 0 Å². The van der Waals surface area contributed by atoms with Gasteiger partial charge < -0.3 is 0 Å². The highest BCUT2D eigenvalue weighted by atomic mass is 16.1. The van der Waals surface area contributed by atoms with E-state index in [-0.39, 0.29) is 11.2 Å². The third-order valence-electron chi connectivity index (χ3n) is 3.53. The number of fused-ring (bicyclic) bond motifs is 1. The highest BCUT2D eigenvalue weighted by Gasteiger charge is 2.49. The number of ketones is 2. The zero-order valence-electron chi connectivity index (χ0n) is 7.43. The van der Waals surface area contributed by atoms with Gasteiger partial charge in [0.2, 0.25) is 0 Å². The quantitative estimate of drug-likeness (QED) is 0.549. The maximum absolute atomic E-state index is 11.6. The average Bonchev–Trinajstić information content (AvgIpc) is 2.27. The summed E-state index contributed by atoms with van der Waals surface area (Å²) in [6.45, 7) is 1.98. The Balaban J connectivity index is 2.29. The first kappa shape index (κ1) is 7.96. The molecule has 0 aromatic carbocycles. The van der Waals surface area contributed by atoms with Crippen LogP contribution in [0.1, 0.15) is 39.0 Å². The van der Waals surface area contributed by atoms with E-state index in [2.05, 4.69) is 0 Å². The second kappa shape index (κ2) is 2.41. The molecule has 0 heterocycles. The van der Waals surface area contributed by atoms with Gasteiger partial charge in [-0.25, -0.2) is 0 Å². The number of carbonyl (C=O) groups is 2. The summed E-state index contributed by atoms with van der Waals surface area (Å²) in [5, 5.41) is 0. The van der Waals surface area contributed by atoms with Gasteiger partial charge in [0.15, 0.2) is 0 Å². The zero-order valence-corrected chi connectivity index (χ0v) is 7.43. The summed E-state index contributed by atoms with van der Waals surface area (Å²) in [6.07, 6.45) is 3.93. The summed E-state index contributed by atoms with van der Waals surface area (Å²) in [6, 6.07) is 0. The summed E-state index contributed by atoms with van der Waals surface area (Å²) < 4.78 is 0. The van der Waals surface area contributed by atoms with Gasteiger partial charge in [0.25, 0.3) is 0 Å². The van der Waals surface area contributed by atoms with Crippen molar-refractivity contribution in [1.29, 1.82) is 0 Å². The Hall–Kier alpha value is -0.660. The molecule has 2 fully saturated rings. The molecule has 2 nitrogen and oxygen atoms in total. The van der Waals surface area contributed by atoms with Gasteiger partial charge in [-0.15, -0.1) is 0 Å². The Bertz CT molecular complexity index is 244. The molecule has 66 valence electrons. The number of Topliss-reactive ketones (excluding diaryl/α,β-unsaturated/α-hetero) is 2. The van der Waals surface area contributed by atoms with Crippen molar-refractivity contribution in [1.82, 2.24) is 0 Å². The van der Waals surface area contributed by atoms with Gasteiger partial charge in [-0.2, -0.15) is 0 Å². The lowest BCUT2D eigenvalue weighted by Gasteiger charge is -2.33. The number of carbonyl (C=O) groups excluding carboxylic acids is 2. The molecule has 2 heteroatoms. The van der Waals surface area contributed by atoms with E-state index in [1.165, 1.54) is 0 Å². The van der Waals surface area contributed by atoms with E-state index in [0.29, 0.717) is 31.0 Å². The number of hydrogen-bond acceptors (Lipinski definition) is 2. The normalized spacial score (nSPS) is 41.6. The van der Waals surface area contributed by atoms with Gasteiger partial charge in [0.1, 0.15) is 11.6 Å². The van der Waals surface area contributed by atoms with Crippen LogP contribution in [0.25, 0.3) is 0 Å². The lowest BCUT2D eigenvalue weighted by Crippen LogP contribution is -2.35. The average molecular weight is 166 g/mol. The van der Waals surface area contributed by atoms with E-state index in [0.717, 1.165) is 12.8 Å². The molecule has 0 aromatic heterocycles. The standard InChI is InChI=1S/C10H14O2/c1-10-6-8(11)5-7(10)3-2-4-9(10)12/h7H,2-6H2,1H3. The van der Waals surface area contributed by atoms with Gasteiger partial charge >= 0.3 is 0 Å². The molecule has 2 unspecified atom stereocenters. The molecular weight excluding hydrogens is 152 g/mol. The minimum Gasteiger partial charge on any atom is -0.300 e. The Labute approximate surface area is 72.3 Å². The summed E-state index contributed by atoms with van der Waals surface area (Å²) in [4.78, 5) is 22.8. The molecule has 0 N–H and O–H groups in total. The summed E-state index contributed by atoms with van der Waals surface area (Å²) in [7, 11) is 0. The van der Waals surface area contributed by atoms with Crippen LogP contribution in [0.5, 0.6) is 0 Å². The summed E-state index contributed by atoms with van der Waals surface area (Å²) in [5.41, 5.74) is -0.269. The highest BCUT2D eigenvalue weighted by Crippen LogP contribution is 2.48. The molecular formula is C10H14O2. The molecule has 0 spiro atoms. The first-order valence-corrected chi connectivity index (χ1v) is 4.68. The third kappa shape index (κ3) is 0.936. The van der Waals surface area contributed by atoms with E-state index in [9.17, 15) is 9.59 Å². The zero-order chi connectivity index (χ0) is 8.77. The van der Waals surface area contributed by atoms with Crippen molar-refractivity contribution in [2.75, 3.05) is 0 Å². The van der Waals surface area contributed by atoms with E-state index < -0.39 is 0 Å². The molecule has 0 saturated heterocycles. The first-order chi connectivity index (χ1) is 5.63. The van der Waals surface area contributed by atoms with Gasteiger partial charge in [-0.05, 0) is 18.8 Å². The van der Waals surface area contributed by atoms with Crippen LogP contribution in [0.2, 0.25) is 0 Å². The summed E-state index contributed by atoms with van der Waals surface area (Å²) >= 11 is 0. The van der Waals surface area contributed by atoms with E-state index >= 15 is 0 Å². The highest BCUT2D eigenvalue weighted by molar-refractivity contribution is 5.95. The molecule has 0 radical (unpaired) electrons. The fourth-order valence-corrected chi connectivity index (χ4v) is 2.67. The van der Waals surface area contributed by atoms with E-state index in [4.69, 9.17) is 0 Å². The van der Waals surface area contributed by atoms with Crippen LogP contribution in [0.3, 0.4) is 0 Å². The van der Waals surface area contributed by atoms with Crippen LogP contribution in [0.4, 0.5) is 0 Å². The molecule has 2 aliphatic carbocycles. The molecule has 2 rings (SSSR count). The molecule has 2 saturated carbocycles. The minimum atomic E-state index is -0.269. The van der Waals surface area contributed by atoms with Gasteiger partial charge in [0, 0.05) is 24.7 Å². The van der Waals surface area contributed by atoms with Crippen LogP contribution < -0.4 is 0 Å². The first-order valence-electron chi connectivity index (χ1n) is 4.68. The largest absolute Gasteiger partial charge is 0.300 e. The van der Waals surface area contributed by atoms with Crippen molar-refractivity contribution >= 4 is 11.6 Å². The molecule has 2 aliphatic rings. The van der Waals surface area contributed by atoms with Crippen molar-refractivity contribution in [3.05, 3.63) is 0 Å². The smallest absolute Gasteiger partial charge is 0.139 e. The Morgan fingerprint density at radius 2 is 2.17 bits per heavy atom. The molecule has 0 amide bonds. The monoisotopic (exact) mass is 166 g/mol. The molecule has 0 bridgehead atoms. The lowest BCUT2D eigenvalue weighted by atomic mass is 9.69. The van der Waals surface area contributed by atoms with Crippen molar-refractivity contribution in [3.8, 4) is 0 Å². The second-order valence-corrected chi connectivity index (χ2v) is 4.35. The minimum absolute atomic E-state index is 0.269. The van der Waals surface area contributed by atoms with Crippen LogP contribution in [-0.4, -0.2) is 11.6 Å². The van der Waals surface area contributed by atoms with Crippen LogP contribution in [-0.2, 0) is 9.59 Å². The SMILES string of the molecule is CC12CC(=O)CC1CCCC2=O. The van der Waals surface area contributed by atoms with Crippen LogP contribution >= 0.6 is 0 Å². The number of hydrogen-bond donors (Lipinski definition) is 0. The summed E-state index contributed by atoms with van der Waals surface area (Å²) in [5.74, 6) is 0.980. The van der Waals surface area contributed by atoms with E-state index in [1.54, 1.807) is 0 Å². The molecule has 0 aliphatic heterocycles. The van der Waals surface area contributed by atoms with Gasteiger partial charge in [-0.1, -0.05) is 6.92 Å². The number of rotatable bonds is 0. The maximum Gasteiger partial charge on any atom is 0.139 e. The fraction of sp³-hybridized carbons (Fsp3) is 0.800. The van der Waals surface area contributed by atoms with Gasteiger partial charge in [0.05, 0.1) is 0 Å². The maximum atomic E-state index is 11.6. The van der Waals surface area contributed by atoms with Crippen LogP contribution in [0.15, 0.2) is 0 Å². The Morgan fingerprint density at radius 1 is 1.42 bits per heavy atom. The Morgan fingerprint density at radius 3 is 2.83 bits per heavy atom. The Kier molecular flexibility index (Phi) is 1.60. The van der Waals surface area contributed by atoms with Crippen molar-refractivity contribution in [2.45, 2.75) is 39.0 Å². The van der Waals surface area contributed by atoms with Crippen molar-refractivity contribution < 1.29 is 9.59 Å². The predicted octanol–water partition coefficient (Wildman–Crippen LogP) is 1.72. The van der Waals surface area contributed by atoms with E-state index in [1.807, 2.05) is 6.92 Å². The second-order valence-electron chi connectivity index (χ2n) is 4.35. The molecule has 2 atom stereocenters. The molecule has 0 aromatic rings. The topological polar surface area (TPSA) is 34.1 Å². The van der Waals surface area contributed by atoms with Crippen LogP contribution in [0, 0.1) is 11.3 Å². The third-order valence-corrected chi connectivity index (χ3v) is 3.53. The molecule has 12 heavy (non-hydrogen) atoms. The van der Waals surface area contributed by atoms with Gasteiger partial charge in [-0.3, -0.25) is 9.59 Å².